The van der Waals surface area contributed by atoms with Crippen molar-refractivity contribution < 1.29 is 14.3 Å². The molecule has 1 fully saturated rings. The molecule has 1 aromatic carbocycles. The van der Waals surface area contributed by atoms with Crippen LogP contribution in [-0.2, 0) is 9.59 Å². The van der Waals surface area contributed by atoms with Gasteiger partial charge >= 0.3 is 0 Å². The molecule has 1 saturated heterocycles. The molecule has 0 N–H and O–H groups in total. The number of aryl methyl sites for hydroxylation is 1. The number of nitriles is 1. The Hall–Kier alpha value is -3.53. The van der Waals surface area contributed by atoms with Gasteiger partial charge in [0.25, 0.3) is 5.91 Å². The van der Waals surface area contributed by atoms with E-state index in [1.165, 1.54) is 6.92 Å². The summed E-state index contributed by atoms with van der Waals surface area (Å²) in [7, 11) is 1.63. The molecule has 2 heterocycles. The van der Waals surface area contributed by atoms with Crippen molar-refractivity contribution in [3.63, 3.8) is 0 Å². The molecule has 0 spiro atoms. The van der Waals surface area contributed by atoms with Crippen molar-refractivity contribution in [2.75, 3.05) is 33.3 Å². The highest BCUT2D eigenvalue weighted by Gasteiger charge is 2.25. The number of piperazine rings is 1. The molecule has 0 bridgehead atoms. The van der Waals surface area contributed by atoms with E-state index in [2.05, 4.69) is 10.6 Å². The van der Waals surface area contributed by atoms with Gasteiger partial charge in [0.2, 0.25) is 5.91 Å². The summed E-state index contributed by atoms with van der Waals surface area (Å²) in [5, 5.41) is 9.62. The number of nitrogens with zero attached hydrogens (tertiary/aromatic N) is 4. The summed E-state index contributed by atoms with van der Waals surface area (Å²) in [6, 6.07) is 11.8. The summed E-state index contributed by atoms with van der Waals surface area (Å²) in [5.41, 5.74) is 3.86. The number of hydrogen-bond acceptors (Lipinski definition) is 4. The van der Waals surface area contributed by atoms with E-state index >= 15 is 0 Å². The van der Waals surface area contributed by atoms with Crippen LogP contribution in [0.5, 0.6) is 5.75 Å². The normalized spacial score (nSPS) is 14.4. The van der Waals surface area contributed by atoms with E-state index in [1.807, 2.05) is 44.2 Å². The van der Waals surface area contributed by atoms with Crippen molar-refractivity contribution in [1.82, 2.24) is 14.4 Å². The Balaban J connectivity index is 1.85. The zero-order valence-corrected chi connectivity index (χ0v) is 17.8. The standard InChI is InChI=1S/C23H26N4O3/c1-16-13-19(17(2)27(16)21-5-7-22(30-4)8-6-21)14-20(15-24)23(29)26-11-9-25(10-12-26)18(3)28/h5-8,13-14H,9-12H2,1-4H3/b20-14+. The lowest BCUT2D eigenvalue weighted by Gasteiger charge is -2.34. The molecule has 0 radical (unpaired) electrons. The number of carbonyl (C=O) groups is 2. The summed E-state index contributed by atoms with van der Waals surface area (Å²) >= 11 is 0. The molecule has 30 heavy (non-hydrogen) atoms. The third kappa shape index (κ3) is 4.23. The van der Waals surface area contributed by atoms with E-state index in [4.69, 9.17) is 4.74 Å². The maximum Gasteiger partial charge on any atom is 0.264 e. The number of hydrogen-bond donors (Lipinski definition) is 0. The van der Waals surface area contributed by atoms with Crippen LogP contribution >= 0.6 is 0 Å². The molecule has 0 saturated carbocycles. The lowest BCUT2D eigenvalue weighted by atomic mass is 10.1. The number of benzene rings is 1. The summed E-state index contributed by atoms with van der Waals surface area (Å²) in [4.78, 5) is 27.7. The molecule has 1 aliphatic rings. The van der Waals surface area contributed by atoms with Gasteiger partial charge in [-0.15, -0.1) is 0 Å². The predicted octanol–water partition coefficient (Wildman–Crippen LogP) is 2.70. The quantitative estimate of drug-likeness (QED) is 0.578. The average Bonchev–Trinajstić information content (AvgIpc) is 3.04. The maximum atomic E-state index is 12.9. The fraction of sp³-hybridized carbons (Fsp3) is 0.348. The minimum atomic E-state index is -0.296. The van der Waals surface area contributed by atoms with Gasteiger partial charge in [0, 0.05) is 50.2 Å². The first-order valence-electron chi connectivity index (χ1n) is 9.85. The van der Waals surface area contributed by atoms with Gasteiger partial charge in [-0.3, -0.25) is 9.59 Å². The summed E-state index contributed by atoms with van der Waals surface area (Å²) in [6.45, 7) is 7.33. The van der Waals surface area contributed by atoms with E-state index in [-0.39, 0.29) is 17.4 Å². The van der Waals surface area contributed by atoms with Gasteiger partial charge in [-0.1, -0.05) is 0 Å². The van der Waals surface area contributed by atoms with Crippen LogP contribution in [0.1, 0.15) is 23.9 Å². The monoisotopic (exact) mass is 406 g/mol. The Morgan fingerprint density at radius 3 is 2.20 bits per heavy atom. The van der Waals surface area contributed by atoms with Gasteiger partial charge in [0.1, 0.15) is 17.4 Å². The predicted molar refractivity (Wildman–Crippen MR) is 114 cm³/mol. The van der Waals surface area contributed by atoms with E-state index in [0.717, 1.165) is 28.4 Å². The fourth-order valence-corrected chi connectivity index (χ4v) is 3.75. The summed E-state index contributed by atoms with van der Waals surface area (Å²) in [6.07, 6.45) is 1.65. The molecule has 1 aliphatic heterocycles. The molecule has 7 heteroatoms. The SMILES string of the molecule is COc1ccc(-n2c(C)cc(/C=C(\C#N)C(=O)N3CCN(C(C)=O)CC3)c2C)cc1. The molecule has 0 atom stereocenters. The molecule has 2 amide bonds. The van der Waals surface area contributed by atoms with Crippen LogP contribution in [-0.4, -0.2) is 59.5 Å². The Morgan fingerprint density at radius 1 is 1.07 bits per heavy atom. The molecule has 2 aromatic rings. The van der Waals surface area contributed by atoms with E-state index in [0.29, 0.717) is 26.2 Å². The third-order valence-electron chi connectivity index (χ3n) is 5.46. The first-order chi connectivity index (χ1) is 14.3. The van der Waals surface area contributed by atoms with E-state index in [1.54, 1.807) is 23.0 Å². The maximum absolute atomic E-state index is 12.9. The number of ether oxygens (including phenoxy) is 1. The minimum absolute atomic E-state index is 0.00381. The van der Waals surface area contributed by atoms with Crippen LogP contribution in [0.3, 0.4) is 0 Å². The second-order valence-corrected chi connectivity index (χ2v) is 7.33. The topological polar surface area (TPSA) is 78.6 Å². The average molecular weight is 406 g/mol. The molecule has 0 aliphatic carbocycles. The van der Waals surface area contributed by atoms with Crippen molar-refractivity contribution >= 4 is 17.9 Å². The third-order valence-corrected chi connectivity index (χ3v) is 5.46. The molecular weight excluding hydrogens is 380 g/mol. The van der Waals surface area contributed by atoms with Gasteiger partial charge in [-0.25, -0.2) is 0 Å². The highest BCUT2D eigenvalue weighted by atomic mass is 16.5. The molecule has 156 valence electrons. The largest absolute Gasteiger partial charge is 0.497 e. The molecule has 1 aromatic heterocycles. The first kappa shape index (κ1) is 21.2. The summed E-state index contributed by atoms with van der Waals surface area (Å²) < 4.78 is 7.30. The van der Waals surface area contributed by atoms with Crippen LogP contribution in [0.2, 0.25) is 0 Å². The Kier molecular flexibility index (Phi) is 6.26. The van der Waals surface area contributed by atoms with Gasteiger partial charge in [0.15, 0.2) is 0 Å². The zero-order valence-electron chi connectivity index (χ0n) is 17.8. The Bertz CT molecular complexity index is 1020. The number of carbonyl (C=O) groups excluding carboxylic acids is 2. The van der Waals surface area contributed by atoms with Crippen molar-refractivity contribution in [3.8, 4) is 17.5 Å². The van der Waals surface area contributed by atoms with Crippen LogP contribution in [0, 0.1) is 25.2 Å². The van der Waals surface area contributed by atoms with Gasteiger partial charge in [0.05, 0.1) is 7.11 Å². The lowest BCUT2D eigenvalue weighted by molar-refractivity contribution is -0.135. The van der Waals surface area contributed by atoms with E-state index in [9.17, 15) is 14.9 Å². The highest BCUT2D eigenvalue weighted by Crippen LogP contribution is 2.24. The molecule has 0 unspecified atom stereocenters. The number of aromatic nitrogens is 1. The fourth-order valence-electron chi connectivity index (χ4n) is 3.75. The van der Waals surface area contributed by atoms with Gasteiger partial charge < -0.3 is 19.1 Å². The number of rotatable bonds is 4. The van der Waals surface area contributed by atoms with Gasteiger partial charge in [-0.2, -0.15) is 5.26 Å². The smallest absolute Gasteiger partial charge is 0.264 e. The van der Waals surface area contributed by atoms with Crippen LogP contribution in [0.4, 0.5) is 0 Å². The second kappa shape index (κ2) is 8.87. The van der Waals surface area contributed by atoms with Crippen molar-refractivity contribution in [2.45, 2.75) is 20.8 Å². The Morgan fingerprint density at radius 2 is 1.67 bits per heavy atom. The summed E-state index contributed by atoms with van der Waals surface area (Å²) in [5.74, 6) is 0.489. The molecule has 7 nitrogen and oxygen atoms in total. The highest BCUT2D eigenvalue weighted by molar-refractivity contribution is 6.02. The van der Waals surface area contributed by atoms with Crippen LogP contribution in [0.15, 0.2) is 35.9 Å². The van der Waals surface area contributed by atoms with Crippen molar-refractivity contribution in [1.29, 1.82) is 5.26 Å². The van der Waals surface area contributed by atoms with Crippen LogP contribution < -0.4 is 4.74 Å². The number of amides is 2. The van der Waals surface area contributed by atoms with Crippen LogP contribution in [0.25, 0.3) is 11.8 Å². The molecule has 3 rings (SSSR count). The van der Waals surface area contributed by atoms with E-state index < -0.39 is 0 Å². The van der Waals surface area contributed by atoms with Gasteiger partial charge in [-0.05, 0) is 55.8 Å². The van der Waals surface area contributed by atoms with Crippen molar-refractivity contribution in [2.24, 2.45) is 0 Å². The second-order valence-electron chi connectivity index (χ2n) is 7.33. The zero-order chi connectivity index (χ0) is 21.8. The number of methoxy groups -OCH3 is 1. The Labute approximate surface area is 176 Å². The lowest BCUT2D eigenvalue weighted by Crippen LogP contribution is -2.50. The first-order valence-corrected chi connectivity index (χ1v) is 9.85. The van der Waals surface area contributed by atoms with Crippen molar-refractivity contribution in [3.05, 3.63) is 52.9 Å². The molecular formula is C23H26N4O3. The minimum Gasteiger partial charge on any atom is -0.497 e.